The number of pyridine rings is 1. The number of rotatable bonds is 0. The maximum atomic E-state index is 4.30. The molecule has 0 amide bonds. The first kappa shape index (κ1) is 6.60. The monoisotopic (exact) mass is 169 g/mol. The Kier molecular flexibility index (Phi) is 1.16. The molecule has 0 aliphatic carbocycles. The highest BCUT2D eigenvalue weighted by Gasteiger charge is 1.99. The summed E-state index contributed by atoms with van der Waals surface area (Å²) in [6.07, 6.45) is 7.42. The lowest BCUT2D eigenvalue weighted by Crippen LogP contribution is -1.87. The molecule has 0 aliphatic rings. The first-order valence-corrected chi connectivity index (χ1v) is 4.11. The van der Waals surface area contributed by atoms with Gasteiger partial charge in [-0.2, -0.15) is 0 Å². The maximum absolute atomic E-state index is 4.30. The zero-order valence-corrected chi connectivity index (χ0v) is 6.88. The van der Waals surface area contributed by atoms with Crippen molar-refractivity contribution in [3.8, 4) is 0 Å². The summed E-state index contributed by atoms with van der Waals surface area (Å²) in [5.41, 5.74) is 2.99. The Balaban J connectivity index is 2.65. The van der Waals surface area contributed by atoms with Gasteiger partial charge in [0.15, 0.2) is 0 Å². The summed E-state index contributed by atoms with van der Waals surface area (Å²) in [6.45, 7) is 0. The van der Waals surface area contributed by atoms with Crippen molar-refractivity contribution < 1.29 is 0 Å². The zero-order valence-electron chi connectivity index (χ0n) is 6.88. The van der Waals surface area contributed by atoms with Crippen LogP contribution in [0.1, 0.15) is 0 Å². The number of hydrogen-bond acceptors (Lipinski definition) is 2. The van der Waals surface area contributed by atoms with Gasteiger partial charge in [-0.15, -0.1) is 0 Å². The highest BCUT2D eigenvalue weighted by molar-refractivity contribution is 5.89. The van der Waals surface area contributed by atoms with E-state index < -0.39 is 0 Å². The van der Waals surface area contributed by atoms with Crippen molar-refractivity contribution in [1.82, 2.24) is 14.4 Å². The first-order valence-electron chi connectivity index (χ1n) is 4.11. The van der Waals surface area contributed by atoms with Gasteiger partial charge in [-0.05, 0) is 18.2 Å². The average Bonchev–Trinajstić information content (AvgIpc) is 2.65. The molecular weight excluding hydrogens is 162 g/mol. The Morgan fingerprint density at radius 3 is 2.92 bits per heavy atom. The molecule has 3 nitrogen and oxygen atoms in total. The number of aromatic nitrogens is 3. The minimum absolute atomic E-state index is 0.939. The summed E-state index contributed by atoms with van der Waals surface area (Å²) < 4.78 is 2.04. The van der Waals surface area contributed by atoms with E-state index in [-0.39, 0.29) is 0 Å². The fourth-order valence-corrected chi connectivity index (χ4v) is 1.54. The predicted molar refractivity (Wildman–Crippen MR) is 50.5 cm³/mol. The van der Waals surface area contributed by atoms with Crippen LogP contribution in [0, 0.1) is 0 Å². The van der Waals surface area contributed by atoms with Crippen molar-refractivity contribution in [3.05, 3.63) is 43.0 Å². The van der Waals surface area contributed by atoms with Crippen LogP contribution in [0.5, 0.6) is 0 Å². The molecule has 0 atom stereocenters. The Labute approximate surface area is 74.7 Å². The third kappa shape index (κ3) is 0.839. The Morgan fingerprint density at radius 1 is 1.00 bits per heavy atom. The van der Waals surface area contributed by atoms with E-state index >= 15 is 0 Å². The largest absolute Gasteiger partial charge is 0.322 e. The summed E-state index contributed by atoms with van der Waals surface area (Å²) in [7, 11) is 0. The lowest BCUT2D eigenvalue weighted by atomic mass is 10.3. The zero-order chi connectivity index (χ0) is 8.67. The molecular formula is C10H7N3. The predicted octanol–water partition coefficient (Wildman–Crippen LogP) is 1.88. The highest BCUT2D eigenvalue weighted by atomic mass is 14.9. The second-order valence-corrected chi connectivity index (χ2v) is 2.91. The van der Waals surface area contributed by atoms with Crippen LogP contribution in [-0.2, 0) is 0 Å². The molecule has 3 heterocycles. The van der Waals surface area contributed by atoms with Crippen LogP contribution in [0.4, 0.5) is 0 Å². The summed E-state index contributed by atoms with van der Waals surface area (Å²) in [5.74, 6) is 0. The normalized spacial score (nSPS) is 11.1. The quantitative estimate of drug-likeness (QED) is 0.514. The molecule has 0 N–H and O–H groups in total. The number of nitrogens with zero attached hydrogens (tertiary/aromatic N) is 3. The molecule has 0 aliphatic heterocycles. The molecule has 13 heavy (non-hydrogen) atoms. The van der Waals surface area contributed by atoms with E-state index in [4.69, 9.17) is 0 Å². The Bertz CT molecular complexity index is 568. The van der Waals surface area contributed by atoms with E-state index in [1.165, 1.54) is 0 Å². The maximum Gasteiger partial charge on any atom is 0.113 e. The third-order valence-electron chi connectivity index (χ3n) is 2.14. The van der Waals surface area contributed by atoms with E-state index in [1.54, 1.807) is 12.4 Å². The second-order valence-electron chi connectivity index (χ2n) is 2.91. The summed E-state index contributed by atoms with van der Waals surface area (Å²) in [5, 5.41) is 0. The summed E-state index contributed by atoms with van der Waals surface area (Å²) in [6, 6.07) is 6.01. The molecule has 0 unspecified atom stereocenters. The first-order chi connectivity index (χ1) is 6.45. The Morgan fingerprint density at radius 2 is 1.92 bits per heavy atom. The third-order valence-corrected chi connectivity index (χ3v) is 2.14. The standard InChI is InChI=1S/C10H7N3/c1-2-9-10-8(11-4-5-12-10)3-7-13(9)6-1/h1-7H. The van der Waals surface area contributed by atoms with Crippen molar-refractivity contribution in [2.24, 2.45) is 0 Å². The molecule has 0 spiro atoms. The average molecular weight is 169 g/mol. The molecule has 0 saturated carbocycles. The van der Waals surface area contributed by atoms with E-state index in [0.29, 0.717) is 0 Å². The van der Waals surface area contributed by atoms with E-state index in [0.717, 1.165) is 16.6 Å². The van der Waals surface area contributed by atoms with E-state index in [1.807, 2.05) is 35.0 Å². The van der Waals surface area contributed by atoms with Gasteiger partial charge in [0.2, 0.25) is 0 Å². The van der Waals surface area contributed by atoms with Gasteiger partial charge in [-0.3, -0.25) is 9.97 Å². The summed E-state index contributed by atoms with van der Waals surface area (Å²) in [4.78, 5) is 8.53. The lowest BCUT2D eigenvalue weighted by molar-refractivity contribution is 1.19. The molecule has 0 radical (unpaired) electrons. The lowest BCUT2D eigenvalue weighted by Gasteiger charge is -1.98. The number of hydrogen-bond donors (Lipinski definition) is 0. The van der Waals surface area contributed by atoms with Gasteiger partial charge < -0.3 is 4.40 Å². The van der Waals surface area contributed by atoms with Crippen molar-refractivity contribution >= 4 is 16.6 Å². The highest BCUT2D eigenvalue weighted by Crippen LogP contribution is 2.15. The smallest absolute Gasteiger partial charge is 0.113 e. The van der Waals surface area contributed by atoms with Gasteiger partial charge in [0, 0.05) is 24.8 Å². The fraction of sp³-hybridized carbons (Fsp3) is 0. The van der Waals surface area contributed by atoms with Crippen LogP contribution in [0.2, 0.25) is 0 Å². The van der Waals surface area contributed by atoms with Crippen LogP contribution >= 0.6 is 0 Å². The van der Waals surface area contributed by atoms with Gasteiger partial charge in [0.25, 0.3) is 0 Å². The van der Waals surface area contributed by atoms with Crippen molar-refractivity contribution in [3.63, 3.8) is 0 Å². The second kappa shape index (κ2) is 2.29. The molecule has 3 rings (SSSR count). The van der Waals surface area contributed by atoms with Crippen molar-refractivity contribution in [1.29, 1.82) is 0 Å². The Hall–Kier alpha value is -1.90. The van der Waals surface area contributed by atoms with Gasteiger partial charge >= 0.3 is 0 Å². The van der Waals surface area contributed by atoms with Gasteiger partial charge in [-0.25, -0.2) is 0 Å². The molecule has 3 aromatic rings. The van der Waals surface area contributed by atoms with Crippen LogP contribution in [0.3, 0.4) is 0 Å². The SMILES string of the molecule is c1cc2c3nccnc3ccn2c1. The topological polar surface area (TPSA) is 30.2 Å². The van der Waals surface area contributed by atoms with Gasteiger partial charge in [-0.1, -0.05) is 0 Å². The van der Waals surface area contributed by atoms with E-state index in [2.05, 4.69) is 9.97 Å². The van der Waals surface area contributed by atoms with E-state index in [9.17, 15) is 0 Å². The van der Waals surface area contributed by atoms with Crippen LogP contribution < -0.4 is 0 Å². The molecule has 0 saturated heterocycles. The molecule has 62 valence electrons. The van der Waals surface area contributed by atoms with Crippen LogP contribution in [-0.4, -0.2) is 14.4 Å². The minimum Gasteiger partial charge on any atom is -0.322 e. The van der Waals surface area contributed by atoms with Crippen molar-refractivity contribution in [2.45, 2.75) is 0 Å². The van der Waals surface area contributed by atoms with Gasteiger partial charge in [0.05, 0.1) is 11.0 Å². The van der Waals surface area contributed by atoms with Gasteiger partial charge in [0.1, 0.15) is 5.52 Å². The van der Waals surface area contributed by atoms with Crippen molar-refractivity contribution in [2.75, 3.05) is 0 Å². The summed E-state index contributed by atoms with van der Waals surface area (Å²) >= 11 is 0. The van der Waals surface area contributed by atoms with Crippen LogP contribution in [0.15, 0.2) is 43.0 Å². The molecule has 0 aromatic carbocycles. The number of fused-ring (bicyclic) bond motifs is 3. The molecule has 3 heteroatoms. The minimum atomic E-state index is 0.939. The molecule has 0 fully saturated rings. The van der Waals surface area contributed by atoms with Crippen LogP contribution in [0.25, 0.3) is 16.6 Å². The molecule has 0 bridgehead atoms. The fourth-order valence-electron chi connectivity index (χ4n) is 1.54. The molecule has 3 aromatic heterocycles.